The third-order valence-electron chi connectivity index (χ3n) is 3.42. The molecule has 0 radical (unpaired) electrons. The number of nitrogen functional groups attached to an aromatic ring is 1. The van der Waals surface area contributed by atoms with E-state index in [4.69, 9.17) is 5.73 Å². The molecule has 0 aliphatic heterocycles. The van der Waals surface area contributed by atoms with Crippen molar-refractivity contribution in [1.82, 2.24) is 14.4 Å². The van der Waals surface area contributed by atoms with Crippen LogP contribution in [0.2, 0.25) is 0 Å². The molecule has 0 aliphatic rings. The summed E-state index contributed by atoms with van der Waals surface area (Å²) in [6.07, 6.45) is 1.84. The van der Waals surface area contributed by atoms with E-state index in [1.165, 1.54) is 0 Å². The van der Waals surface area contributed by atoms with Gasteiger partial charge in [0.2, 0.25) is 0 Å². The van der Waals surface area contributed by atoms with Gasteiger partial charge >= 0.3 is 0 Å². The molecule has 4 nitrogen and oxygen atoms in total. The molecule has 0 spiro atoms. The molecule has 96 valence electrons. The number of fused-ring (bicyclic) bond motifs is 3. The lowest BCUT2D eigenvalue weighted by atomic mass is 10.1. The molecule has 2 heterocycles. The van der Waals surface area contributed by atoms with Gasteiger partial charge in [-0.25, -0.2) is 9.97 Å². The topological polar surface area (TPSA) is 56.2 Å². The first kappa shape index (κ1) is 11.0. The Morgan fingerprint density at radius 2 is 1.65 bits per heavy atom. The van der Waals surface area contributed by atoms with Crippen LogP contribution in [0.3, 0.4) is 0 Å². The Morgan fingerprint density at radius 3 is 2.50 bits per heavy atom. The number of hydrogen-bond acceptors (Lipinski definition) is 3. The molecule has 2 N–H and O–H groups in total. The fraction of sp³-hybridized carbons (Fsp3) is 0. The van der Waals surface area contributed by atoms with Gasteiger partial charge in [0.15, 0.2) is 11.5 Å². The number of anilines is 1. The summed E-state index contributed by atoms with van der Waals surface area (Å²) in [7, 11) is 0. The zero-order valence-electron chi connectivity index (χ0n) is 10.7. The fourth-order valence-electron chi connectivity index (χ4n) is 2.52. The highest BCUT2D eigenvalue weighted by Crippen LogP contribution is 2.26. The van der Waals surface area contributed by atoms with E-state index in [9.17, 15) is 0 Å². The SMILES string of the molecule is Nc1nc2ccccc2n2c(-c3ccccc3)cnc12. The zero-order valence-corrected chi connectivity index (χ0v) is 10.7. The number of nitrogens with zero attached hydrogens (tertiary/aromatic N) is 3. The lowest BCUT2D eigenvalue weighted by molar-refractivity contribution is 1.22. The van der Waals surface area contributed by atoms with E-state index < -0.39 is 0 Å². The Bertz CT molecular complexity index is 910. The van der Waals surface area contributed by atoms with Crippen molar-refractivity contribution in [3.05, 3.63) is 60.8 Å². The van der Waals surface area contributed by atoms with Crippen molar-refractivity contribution in [2.75, 3.05) is 5.73 Å². The summed E-state index contributed by atoms with van der Waals surface area (Å²) in [5.74, 6) is 0.450. The van der Waals surface area contributed by atoms with Crippen molar-refractivity contribution >= 4 is 22.5 Å². The van der Waals surface area contributed by atoms with E-state index in [1.807, 2.05) is 48.7 Å². The van der Waals surface area contributed by atoms with Gasteiger partial charge < -0.3 is 5.73 Å². The summed E-state index contributed by atoms with van der Waals surface area (Å²) in [6.45, 7) is 0. The molecule has 0 saturated carbocycles. The second kappa shape index (κ2) is 4.06. The van der Waals surface area contributed by atoms with Crippen molar-refractivity contribution in [2.45, 2.75) is 0 Å². The van der Waals surface area contributed by atoms with Gasteiger partial charge in [0.25, 0.3) is 0 Å². The van der Waals surface area contributed by atoms with Crippen LogP contribution in [-0.2, 0) is 0 Å². The maximum atomic E-state index is 6.02. The van der Waals surface area contributed by atoms with Gasteiger partial charge in [-0.2, -0.15) is 0 Å². The first-order valence-electron chi connectivity index (χ1n) is 6.42. The average Bonchev–Trinajstić information content (AvgIpc) is 2.94. The van der Waals surface area contributed by atoms with Crippen LogP contribution in [0.5, 0.6) is 0 Å². The van der Waals surface area contributed by atoms with Gasteiger partial charge in [0.05, 0.1) is 22.9 Å². The quantitative estimate of drug-likeness (QED) is 0.572. The first-order chi connectivity index (χ1) is 9.84. The Balaban J connectivity index is 2.19. The van der Waals surface area contributed by atoms with Crippen LogP contribution in [0.25, 0.3) is 27.9 Å². The largest absolute Gasteiger partial charge is 0.381 e. The van der Waals surface area contributed by atoms with Crippen molar-refractivity contribution < 1.29 is 0 Å². The molecule has 0 unspecified atom stereocenters. The summed E-state index contributed by atoms with van der Waals surface area (Å²) in [4.78, 5) is 8.83. The van der Waals surface area contributed by atoms with Crippen molar-refractivity contribution in [3.8, 4) is 11.3 Å². The van der Waals surface area contributed by atoms with Crippen molar-refractivity contribution in [1.29, 1.82) is 0 Å². The van der Waals surface area contributed by atoms with Crippen LogP contribution in [0.4, 0.5) is 5.82 Å². The highest BCUT2D eigenvalue weighted by Gasteiger charge is 2.12. The predicted octanol–water partition coefficient (Wildman–Crippen LogP) is 3.13. The maximum absolute atomic E-state index is 6.02. The van der Waals surface area contributed by atoms with Crippen LogP contribution in [0, 0.1) is 0 Å². The molecule has 0 aliphatic carbocycles. The van der Waals surface area contributed by atoms with Gasteiger partial charge in [-0.1, -0.05) is 42.5 Å². The zero-order chi connectivity index (χ0) is 13.5. The third-order valence-corrected chi connectivity index (χ3v) is 3.42. The Hall–Kier alpha value is -2.88. The van der Waals surface area contributed by atoms with Gasteiger partial charge in [0, 0.05) is 5.56 Å². The molecule has 2 aromatic heterocycles. The third kappa shape index (κ3) is 1.48. The van der Waals surface area contributed by atoms with Crippen LogP contribution in [0.1, 0.15) is 0 Å². The average molecular weight is 260 g/mol. The second-order valence-electron chi connectivity index (χ2n) is 4.65. The number of hydrogen-bond donors (Lipinski definition) is 1. The Kier molecular flexibility index (Phi) is 2.23. The van der Waals surface area contributed by atoms with Crippen molar-refractivity contribution in [3.63, 3.8) is 0 Å². The van der Waals surface area contributed by atoms with E-state index >= 15 is 0 Å². The fourth-order valence-corrected chi connectivity index (χ4v) is 2.52. The predicted molar refractivity (Wildman–Crippen MR) is 80.3 cm³/mol. The molecule has 0 bridgehead atoms. The summed E-state index contributed by atoms with van der Waals surface area (Å²) in [5.41, 5.74) is 10.7. The van der Waals surface area contributed by atoms with Crippen LogP contribution in [0.15, 0.2) is 60.8 Å². The number of rotatable bonds is 1. The molecule has 0 atom stereocenters. The minimum atomic E-state index is 0.450. The molecule has 2 aromatic carbocycles. The molecule has 0 amide bonds. The summed E-state index contributed by atoms with van der Waals surface area (Å²) >= 11 is 0. The normalized spacial score (nSPS) is 11.2. The van der Waals surface area contributed by atoms with E-state index in [1.54, 1.807) is 0 Å². The lowest BCUT2D eigenvalue weighted by Crippen LogP contribution is -1.99. The lowest BCUT2D eigenvalue weighted by Gasteiger charge is -2.07. The summed E-state index contributed by atoms with van der Waals surface area (Å²) < 4.78 is 2.06. The highest BCUT2D eigenvalue weighted by molar-refractivity contribution is 5.85. The van der Waals surface area contributed by atoms with E-state index in [0.29, 0.717) is 11.5 Å². The van der Waals surface area contributed by atoms with E-state index in [2.05, 4.69) is 26.5 Å². The number of para-hydroxylation sites is 2. The monoisotopic (exact) mass is 260 g/mol. The van der Waals surface area contributed by atoms with Crippen LogP contribution < -0.4 is 5.73 Å². The van der Waals surface area contributed by atoms with Gasteiger partial charge in [0.1, 0.15) is 0 Å². The maximum Gasteiger partial charge on any atom is 0.180 e. The molecule has 4 rings (SSSR count). The summed E-state index contributed by atoms with van der Waals surface area (Å²) in [6, 6.07) is 18.1. The van der Waals surface area contributed by atoms with Gasteiger partial charge in [-0.3, -0.25) is 4.40 Å². The molecular formula is C16H12N4. The smallest absolute Gasteiger partial charge is 0.180 e. The van der Waals surface area contributed by atoms with E-state index in [-0.39, 0.29) is 0 Å². The number of nitrogens with two attached hydrogens (primary N) is 1. The minimum absolute atomic E-state index is 0.450. The molecule has 0 saturated heterocycles. The minimum Gasteiger partial charge on any atom is -0.381 e. The molecule has 20 heavy (non-hydrogen) atoms. The highest BCUT2D eigenvalue weighted by atomic mass is 15.1. The second-order valence-corrected chi connectivity index (χ2v) is 4.65. The molecule has 4 aromatic rings. The summed E-state index contributed by atoms with van der Waals surface area (Å²) in [5, 5.41) is 0. The van der Waals surface area contributed by atoms with Crippen molar-refractivity contribution in [2.24, 2.45) is 0 Å². The van der Waals surface area contributed by atoms with Crippen LogP contribution >= 0.6 is 0 Å². The standard InChI is InChI=1S/C16H12N4/c17-15-16-18-10-14(11-6-2-1-3-7-11)20(16)13-9-5-4-8-12(13)19-15/h1-10H,(H2,17,19). The first-order valence-corrected chi connectivity index (χ1v) is 6.42. The molecule has 0 fully saturated rings. The van der Waals surface area contributed by atoms with Gasteiger partial charge in [-0.15, -0.1) is 0 Å². The number of imidazole rings is 1. The Morgan fingerprint density at radius 1 is 0.900 bits per heavy atom. The molecule has 4 heteroatoms. The van der Waals surface area contributed by atoms with E-state index in [0.717, 1.165) is 22.3 Å². The molecular weight excluding hydrogens is 248 g/mol. The number of benzene rings is 2. The number of aromatic nitrogens is 3. The Labute approximate surface area is 115 Å². The van der Waals surface area contributed by atoms with Gasteiger partial charge in [-0.05, 0) is 12.1 Å². The van der Waals surface area contributed by atoms with Crippen LogP contribution in [-0.4, -0.2) is 14.4 Å².